The van der Waals surface area contributed by atoms with E-state index in [9.17, 15) is 9.90 Å². The average Bonchev–Trinajstić information content (AvgIpc) is 2.77. The maximum absolute atomic E-state index is 13.3. The highest BCUT2D eigenvalue weighted by atomic mass is 16.5. The molecule has 2 fully saturated rings. The highest BCUT2D eigenvalue weighted by Gasteiger charge is 2.46. The van der Waals surface area contributed by atoms with Crippen molar-refractivity contribution in [1.82, 2.24) is 9.80 Å². The molecule has 0 spiro atoms. The fraction of sp³-hybridized carbons (Fsp3) is 0.609. The molecule has 4 unspecified atom stereocenters. The zero-order valence-corrected chi connectivity index (χ0v) is 17.6. The summed E-state index contributed by atoms with van der Waals surface area (Å²) in [6, 6.07) is 7.46. The van der Waals surface area contributed by atoms with E-state index in [1.807, 2.05) is 24.3 Å². The van der Waals surface area contributed by atoms with Crippen molar-refractivity contribution in [2.75, 3.05) is 53.0 Å². The molecule has 2 aliphatic heterocycles. The van der Waals surface area contributed by atoms with E-state index in [1.165, 1.54) is 0 Å². The molecule has 0 aromatic heterocycles. The van der Waals surface area contributed by atoms with E-state index in [0.29, 0.717) is 25.0 Å². The molecule has 1 aromatic rings. The quantitative estimate of drug-likeness (QED) is 0.716. The van der Waals surface area contributed by atoms with Gasteiger partial charge in [-0.05, 0) is 30.5 Å². The molecular formula is C23H32N2O5. The molecule has 1 saturated carbocycles. The normalized spacial score (nSPS) is 30.4. The maximum atomic E-state index is 13.3. The second kappa shape index (κ2) is 9.47. The molecule has 30 heavy (non-hydrogen) atoms. The SMILES string of the molecule is COc1ccc(C2=COC3C(CCC(O)C3CN3CCN(CCO)CC3)C2=O)cc1. The van der Waals surface area contributed by atoms with Gasteiger partial charge >= 0.3 is 0 Å². The molecule has 0 amide bonds. The third-order valence-corrected chi connectivity index (χ3v) is 6.78. The average molecular weight is 417 g/mol. The van der Waals surface area contributed by atoms with Crippen LogP contribution in [0.3, 0.4) is 0 Å². The predicted molar refractivity (Wildman–Crippen MR) is 113 cm³/mol. The van der Waals surface area contributed by atoms with Crippen LogP contribution in [0.4, 0.5) is 0 Å². The van der Waals surface area contributed by atoms with Crippen molar-refractivity contribution in [3.63, 3.8) is 0 Å². The number of fused-ring (bicyclic) bond motifs is 1. The number of rotatable bonds is 6. The van der Waals surface area contributed by atoms with Gasteiger partial charge in [0, 0.05) is 45.2 Å². The number of ether oxygens (including phenoxy) is 2. The van der Waals surface area contributed by atoms with Gasteiger partial charge in [0.15, 0.2) is 5.78 Å². The molecule has 4 atom stereocenters. The van der Waals surface area contributed by atoms with Gasteiger partial charge in [-0.3, -0.25) is 9.69 Å². The van der Waals surface area contributed by atoms with Gasteiger partial charge in [-0.15, -0.1) is 0 Å². The minimum Gasteiger partial charge on any atom is -0.497 e. The lowest BCUT2D eigenvalue weighted by Gasteiger charge is -2.45. The lowest BCUT2D eigenvalue weighted by Crippen LogP contribution is -2.55. The Labute approximate surface area is 177 Å². The summed E-state index contributed by atoms with van der Waals surface area (Å²) in [5.41, 5.74) is 1.44. The van der Waals surface area contributed by atoms with E-state index in [1.54, 1.807) is 13.4 Å². The van der Waals surface area contributed by atoms with Crippen molar-refractivity contribution < 1.29 is 24.5 Å². The van der Waals surface area contributed by atoms with Gasteiger partial charge in [0.1, 0.15) is 11.9 Å². The van der Waals surface area contributed by atoms with E-state index in [0.717, 1.165) is 44.0 Å². The third-order valence-electron chi connectivity index (χ3n) is 6.78. The lowest BCUT2D eigenvalue weighted by atomic mass is 9.72. The Bertz CT molecular complexity index is 757. The molecule has 1 aliphatic carbocycles. The molecule has 7 nitrogen and oxygen atoms in total. The minimum atomic E-state index is -0.453. The van der Waals surface area contributed by atoms with E-state index in [2.05, 4.69) is 9.80 Å². The molecule has 4 rings (SSSR count). The second-order valence-corrected chi connectivity index (χ2v) is 8.51. The van der Waals surface area contributed by atoms with Crippen LogP contribution in [-0.4, -0.2) is 91.0 Å². The van der Waals surface area contributed by atoms with Crippen LogP contribution in [0, 0.1) is 11.8 Å². The number of carbonyl (C=O) groups is 1. The number of Topliss-reactive ketones (excluding diaryl/α,β-unsaturated/α-hetero) is 1. The summed E-state index contributed by atoms with van der Waals surface area (Å²) in [7, 11) is 1.62. The Hall–Kier alpha value is -1.93. The van der Waals surface area contributed by atoms with Crippen molar-refractivity contribution in [3.05, 3.63) is 36.1 Å². The van der Waals surface area contributed by atoms with Crippen molar-refractivity contribution >= 4 is 11.4 Å². The molecule has 0 bridgehead atoms. The molecule has 7 heteroatoms. The van der Waals surface area contributed by atoms with Crippen molar-refractivity contribution in [2.45, 2.75) is 25.0 Å². The Balaban J connectivity index is 1.45. The summed E-state index contributed by atoms with van der Waals surface area (Å²) in [5.74, 6) is 0.573. The van der Waals surface area contributed by atoms with Crippen LogP contribution in [0.15, 0.2) is 30.5 Å². The second-order valence-electron chi connectivity index (χ2n) is 8.51. The van der Waals surface area contributed by atoms with E-state index < -0.39 is 6.10 Å². The smallest absolute Gasteiger partial charge is 0.173 e. The summed E-state index contributed by atoms with van der Waals surface area (Å²) in [4.78, 5) is 17.9. The molecule has 3 aliphatic rings. The lowest BCUT2D eigenvalue weighted by molar-refractivity contribution is -0.134. The van der Waals surface area contributed by atoms with Crippen LogP contribution < -0.4 is 4.74 Å². The van der Waals surface area contributed by atoms with Gasteiger partial charge in [0.25, 0.3) is 0 Å². The van der Waals surface area contributed by atoms with Gasteiger partial charge < -0.3 is 24.6 Å². The number of carbonyl (C=O) groups excluding carboxylic acids is 1. The van der Waals surface area contributed by atoms with Gasteiger partial charge in [0.05, 0.1) is 37.6 Å². The number of nitrogens with zero attached hydrogens (tertiary/aromatic N) is 2. The standard InChI is InChI=1S/C23H32N2O5/c1-29-17-4-2-16(3-5-17)20-15-30-23-18(22(20)28)6-7-21(27)19(23)14-25-10-8-24(9-11-25)12-13-26/h2-5,15,18-19,21,23,26-27H,6-14H2,1H3. The first kappa shape index (κ1) is 21.3. The molecular weight excluding hydrogens is 384 g/mol. The fourth-order valence-corrected chi connectivity index (χ4v) is 4.97. The number of aliphatic hydroxyl groups is 2. The van der Waals surface area contributed by atoms with E-state index in [4.69, 9.17) is 14.6 Å². The van der Waals surface area contributed by atoms with Crippen LogP contribution in [0.25, 0.3) is 5.57 Å². The molecule has 1 aromatic carbocycles. The number of piperazine rings is 1. The first-order chi connectivity index (χ1) is 14.6. The topological polar surface area (TPSA) is 82.5 Å². The number of benzene rings is 1. The monoisotopic (exact) mass is 416 g/mol. The van der Waals surface area contributed by atoms with Crippen LogP contribution in [0.1, 0.15) is 18.4 Å². The highest BCUT2D eigenvalue weighted by molar-refractivity contribution is 6.22. The van der Waals surface area contributed by atoms with Gasteiger partial charge in [0.2, 0.25) is 0 Å². The molecule has 164 valence electrons. The first-order valence-electron chi connectivity index (χ1n) is 10.9. The molecule has 1 saturated heterocycles. The predicted octanol–water partition coefficient (Wildman–Crippen LogP) is 1.00. The zero-order chi connectivity index (χ0) is 21.1. The van der Waals surface area contributed by atoms with Gasteiger partial charge in [-0.25, -0.2) is 0 Å². The third kappa shape index (κ3) is 4.39. The number of allylic oxidation sites excluding steroid dienone is 1. The van der Waals surface area contributed by atoms with Gasteiger partial charge in [-0.1, -0.05) is 12.1 Å². The van der Waals surface area contributed by atoms with Crippen LogP contribution in [0.2, 0.25) is 0 Å². The fourth-order valence-electron chi connectivity index (χ4n) is 4.97. The Morgan fingerprint density at radius 3 is 2.47 bits per heavy atom. The summed E-state index contributed by atoms with van der Waals surface area (Å²) >= 11 is 0. The molecule has 0 radical (unpaired) electrons. The van der Waals surface area contributed by atoms with E-state index in [-0.39, 0.29) is 30.3 Å². The van der Waals surface area contributed by atoms with Crippen molar-refractivity contribution in [2.24, 2.45) is 11.8 Å². The van der Waals surface area contributed by atoms with Crippen molar-refractivity contribution in [3.8, 4) is 5.75 Å². The Kier molecular flexibility index (Phi) is 6.73. The first-order valence-corrected chi connectivity index (χ1v) is 10.9. The number of methoxy groups -OCH3 is 1. The summed E-state index contributed by atoms with van der Waals surface area (Å²) in [5, 5.41) is 19.8. The minimum absolute atomic E-state index is 0.0780. The van der Waals surface area contributed by atoms with Crippen LogP contribution in [-0.2, 0) is 9.53 Å². The number of hydrogen-bond acceptors (Lipinski definition) is 7. The number of ketones is 1. The number of aliphatic hydroxyl groups excluding tert-OH is 2. The number of β-amino-alcohol motifs (C(OH)–C–C–N with tert-alkyl or cyclic N) is 1. The Morgan fingerprint density at radius 2 is 1.80 bits per heavy atom. The van der Waals surface area contributed by atoms with Gasteiger partial charge in [-0.2, -0.15) is 0 Å². The number of hydrogen-bond donors (Lipinski definition) is 2. The zero-order valence-electron chi connectivity index (χ0n) is 17.6. The molecule has 2 heterocycles. The largest absolute Gasteiger partial charge is 0.497 e. The maximum Gasteiger partial charge on any atom is 0.173 e. The summed E-state index contributed by atoms with van der Waals surface area (Å²) < 4.78 is 11.3. The van der Waals surface area contributed by atoms with Crippen LogP contribution in [0.5, 0.6) is 5.75 Å². The molecule has 2 N–H and O–H groups in total. The van der Waals surface area contributed by atoms with Crippen molar-refractivity contribution in [1.29, 1.82) is 0 Å². The highest BCUT2D eigenvalue weighted by Crippen LogP contribution is 2.40. The van der Waals surface area contributed by atoms with E-state index >= 15 is 0 Å². The summed E-state index contributed by atoms with van der Waals surface area (Å²) in [6.45, 7) is 5.26. The van der Waals surface area contributed by atoms with Crippen LogP contribution >= 0.6 is 0 Å². The summed E-state index contributed by atoms with van der Waals surface area (Å²) in [6.07, 6.45) is 2.14. The Morgan fingerprint density at radius 1 is 1.10 bits per heavy atom.